The maximum absolute atomic E-state index is 11.4. The molecule has 4 heteroatoms. The van der Waals surface area contributed by atoms with E-state index in [9.17, 15) is 9.90 Å². The Bertz CT molecular complexity index is 777. The van der Waals surface area contributed by atoms with Crippen molar-refractivity contribution in [2.45, 2.75) is 6.92 Å². The largest absolute Gasteiger partial charge is 0.478 e. The Kier molecular flexibility index (Phi) is 3.28. The molecule has 0 aliphatic rings. The van der Waals surface area contributed by atoms with Gasteiger partial charge in [0.1, 0.15) is 0 Å². The van der Waals surface area contributed by atoms with Crippen molar-refractivity contribution in [3.63, 3.8) is 0 Å². The molecule has 0 amide bonds. The third kappa shape index (κ3) is 2.31. The second-order valence-corrected chi connectivity index (χ2v) is 4.72. The third-order valence-corrected chi connectivity index (χ3v) is 3.42. The van der Waals surface area contributed by atoms with Crippen LogP contribution < -0.4 is 0 Å². The van der Waals surface area contributed by atoms with Gasteiger partial charge >= 0.3 is 5.97 Å². The molecular formula is C17H14N2O2. The molecule has 0 unspecified atom stereocenters. The molecule has 0 atom stereocenters. The molecule has 0 spiro atoms. The van der Waals surface area contributed by atoms with E-state index in [4.69, 9.17) is 0 Å². The van der Waals surface area contributed by atoms with Gasteiger partial charge in [0.2, 0.25) is 0 Å². The van der Waals surface area contributed by atoms with Gasteiger partial charge < -0.3 is 9.67 Å². The van der Waals surface area contributed by atoms with Crippen LogP contribution in [0.25, 0.3) is 17.1 Å². The molecule has 0 fully saturated rings. The SMILES string of the molecule is Cc1c(C(=O)O)cc(-c2ccccn2)n1-c1ccccc1. The highest BCUT2D eigenvalue weighted by molar-refractivity contribution is 5.91. The number of hydrogen-bond acceptors (Lipinski definition) is 2. The summed E-state index contributed by atoms with van der Waals surface area (Å²) in [5.41, 5.74) is 3.42. The first kappa shape index (κ1) is 13.1. The van der Waals surface area contributed by atoms with Crippen molar-refractivity contribution < 1.29 is 9.90 Å². The van der Waals surface area contributed by atoms with Gasteiger partial charge in [-0.25, -0.2) is 4.79 Å². The predicted octanol–water partition coefficient (Wildman–Crippen LogP) is 3.55. The van der Waals surface area contributed by atoms with Gasteiger partial charge in [-0.1, -0.05) is 24.3 Å². The predicted molar refractivity (Wildman–Crippen MR) is 80.7 cm³/mol. The molecule has 0 saturated heterocycles. The summed E-state index contributed by atoms with van der Waals surface area (Å²) in [4.78, 5) is 15.8. The van der Waals surface area contributed by atoms with Crippen molar-refractivity contribution in [1.29, 1.82) is 0 Å². The van der Waals surface area contributed by atoms with E-state index in [0.29, 0.717) is 11.3 Å². The zero-order chi connectivity index (χ0) is 14.8. The van der Waals surface area contributed by atoms with Gasteiger partial charge in [-0.15, -0.1) is 0 Å². The zero-order valence-corrected chi connectivity index (χ0v) is 11.5. The van der Waals surface area contributed by atoms with E-state index in [1.807, 2.05) is 60.0 Å². The number of carboxylic acids is 1. The molecule has 3 aromatic rings. The van der Waals surface area contributed by atoms with Crippen molar-refractivity contribution in [1.82, 2.24) is 9.55 Å². The van der Waals surface area contributed by atoms with Crippen LogP contribution in [0.5, 0.6) is 0 Å². The normalized spacial score (nSPS) is 10.5. The maximum atomic E-state index is 11.4. The van der Waals surface area contributed by atoms with Crippen LogP contribution in [0.3, 0.4) is 0 Å². The molecule has 1 aromatic carbocycles. The van der Waals surface area contributed by atoms with Crippen LogP contribution in [0.1, 0.15) is 16.1 Å². The molecule has 0 bridgehead atoms. The molecule has 1 N–H and O–H groups in total. The minimum absolute atomic E-state index is 0.291. The summed E-state index contributed by atoms with van der Waals surface area (Å²) in [5.74, 6) is -0.931. The molecule has 0 saturated carbocycles. The molecule has 2 aromatic heterocycles. The van der Waals surface area contributed by atoms with Gasteiger partial charge in [-0.3, -0.25) is 4.98 Å². The highest BCUT2D eigenvalue weighted by atomic mass is 16.4. The van der Waals surface area contributed by atoms with Gasteiger partial charge in [-0.2, -0.15) is 0 Å². The van der Waals surface area contributed by atoms with Crippen LogP contribution in [0.2, 0.25) is 0 Å². The lowest BCUT2D eigenvalue weighted by atomic mass is 10.2. The Labute approximate surface area is 122 Å². The number of nitrogens with zero attached hydrogens (tertiary/aromatic N) is 2. The first-order chi connectivity index (χ1) is 10.2. The Morgan fingerprint density at radius 2 is 1.81 bits per heavy atom. The molecule has 3 rings (SSSR count). The number of carboxylic acid groups (broad SMARTS) is 1. The number of carbonyl (C=O) groups is 1. The number of rotatable bonds is 3. The zero-order valence-electron chi connectivity index (χ0n) is 11.5. The fourth-order valence-corrected chi connectivity index (χ4v) is 2.44. The van der Waals surface area contributed by atoms with Gasteiger partial charge in [0, 0.05) is 17.6 Å². The minimum Gasteiger partial charge on any atom is -0.478 e. The highest BCUT2D eigenvalue weighted by Crippen LogP contribution is 2.28. The van der Waals surface area contributed by atoms with Gasteiger partial charge in [-0.05, 0) is 37.3 Å². The van der Waals surface area contributed by atoms with E-state index in [1.165, 1.54) is 0 Å². The van der Waals surface area contributed by atoms with Crippen molar-refractivity contribution in [2.24, 2.45) is 0 Å². The van der Waals surface area contributed by atoms with E-state index < -0.39 is 5.97 Å². The van der Waals surface area contributed by atoms with Crippen LogP contribution in [0, 0.1) is 6.92 Å². The standard InChI is InChI=1S/C17H14N2O2/c1-12-14(17(20)21)11-16(15-9-5-6-10-18-15)19(12)13-7-3-2-4-8-13/h2-11H,1H3,(H,20,21). The average Bonchev–Trinajstić information content (AvgIpc) is 2.87. The maximum Gasteiger partial charge on any atom is 0.337 e. The average molecular weight is 278 g/mol. The van der Waals surface area contributed by atoms with Crippen molar-refractivity contribution in [3.8, 4) is 17.1 Å². The monoisotopic (exact) mass is 278 g/mol. The molecule has 0 radical (unpaired) electrons. The summed E-state index contributed by atoms with van der Waals surface area (Å²) in [7, 11) is 0. The second-order valence-electron chi connectivity index (χ2n) is 4.72. The Balaban J connectivity index is 2.29. The molecule has 0 aliphatic carbocycles. The number of pyridine rings is 1. The first-order valence-corrected chi connectivity index (χ1v) is 6.61. The Morgan fingerprint density at radius 1 is 1.10 bits per heavy atom. The topological polar surface area (TPSA) is 55.1 Å². The summed E-state index contributed by atoms with van der Waals surface area (Å²) in [6, 6.07) is 17.0. The molecular weight excluding hydrogens is 264 g/mol. The van der Waals surface area contributed by atoms with Crippen LogP contribution in [0.4, 0.5) is 0 Å². The van der Waals surface area contributed by atoms with E-state index in [0.717, 1.165) is 17.1 Å². The lowest BCUT2D eigenvalue weighted by molar-refractivity contribution is 0.0696. The van der Waals surface area contributed by atoms with E-state index >= 15 is 0 Å². The van der Waals surface area contributed by atoms with Crippen molar-refractivity contribution in [3.05, 3.63) is 72.1 Å². The summed E-state index contributed by atoms with van der Waals surface area (Å²) < 4.78 is 1.92. The van der Waals surface area contributed by atoms with Crippen molar-refractivity contribution in [2.75, 3.05) is 0 Å². The lowest BCUT2D eigenvalue weighted by Gasteiger charge is -2.11. The number of aromatic carboxylic acids is 1. The Morgan fingerprint density at radius 3 is 2.43 bits per heavy atom. The van der Waals surface area contributed by atoms with Crippen molar-refractivity contribution >= 4 is 5.97 Å². The molecule has 4 nitrogen and oxygen atoms in total. The first-order valence-electron chi connectivity index (χ1n) is 6.61. The van der Waals surface area contributed by atoms with Gasteiger partial charge in [0.15, 0.2) is 0 Å². The van der Waals surface area contributed by atoms with Gasteiger partial charge in [0.05, 0.1) is 17.0 Å². The van der Waals surface area contributed by atoms with E-state index in [1.54, 1.807) is 12.3 Å². The molecule has 104 valence electrons. The minimum atomic E-state index is -0.931. The molecule has 2 heterocycles. The van der Waals surface area contributed by atoms with E-state index in [2.05, 4.69) is 4.98 Å². The summed E-state index contributed by atoms with van der Waals surface area (Å²) in [6.45, 7) is 1.81. The molecule has 21 heavy (non-hydrogen) atoms. The number of para-hydroxylation sites is 1. The fraction of sp³-hybridized carbons (Fsp3) is 0.0588. The lowest BCUT2D eigenvalue weighted by Crippen LogP contribution is -2.02. The number of aromatic nitrogens is 2. The number of benzene rings is 1. The quantitative estimate of drug-likeness (QED) is 0.797. The van der Waals surface area contributed by atoms with Crippen LogP contribution in [-0.2, 0) is 0 Å². The van der Waals surface area contributed by atoms with Crippen LogP contribution in [-0.4, -0.2) is 20.6 Å². The van der Waals surface area contributed by atoms with Crippen LogP contribution in [0.15, 0.2) is 60.8 Å². The number of hydrogen-bond donors (Lipinski definition) is 1. The Hall–Kier alpha value is -2.88. The van der Waals surface area contributed by atoms with Gasteiger partial charge in [0.25, 0.3) is 0 Å². The third-order valence-electron chi connectivity index (χ3n) is 3.42. The van der Waals surface area contributed by atoms with Crippen LogP contribution >= 0.6 is 0 Å². The molecule has 0 aliphatic heterocycles. The highest BCUT2D eigenvalue weighted by Gasteiger charge is 2.19. The van der Waals surface area contributed by atoms with E-state index in [-0.39, 0.29) is 0 Å². The smallest absolute Gasteiger partial charge is 0.337 e. The fourth-order valence-electron chi connectivity index (χ4n) is 2.44. The summed E-state index contributed by atoms with van der Waals surface area (Å²) in [6.07, 6.45) is 1.70. The summed E-state index contributed by atoms with van der Waals surface area (Å²) >= 11 is 0. The second kappa shape index (κ2) is 5.25. The summed E-state index contributed by atoms with van der Waals surface area (Å²) in [5, 5.41) is 9.36.